The van der Waals surface area contributed by atoms with Crippen LogP contribution in [0.1, 0.15) is 18.9 Å². The lowest BCUT2D eigenvalue weighted by atomic mass is 9.84. The molecule has 2 nitrogen and oxygen atoms in total. The van der Waals surface area contributed by atoms with Crippen molar-refractivity contribution in [3.05, 3.63) is 48.0 Å². The van der Waals surface area contributed by atoms with Crippen LogP contribution in [0, 0.1) is 0 Å². The fourth-order valence-electron chi connectivity index (χ4n) is 2.40. The summed E-state index contributed by atoms with van der Waals surface area (Å²) in [5.41, 5.74) is 0.197. The number of hydrogen-bond donors (Lipinski definition) is 1. The summed E-state index contributed by atoms with van der Waals surface area (Å²) in [7, 11) is 2.06. The summed E-state index contributed by atoms with van der Waals surface area (Å²) in [6.07, 6.45) is 5.21. The van der Waals surface area contributed by atoms with Crippen molar-refractivity contribution in [3.63, 3.8) is 0 Å². The Morgan fingerprint density at radius 1 is 1.25 bits per heavy atom. The van der Waals surface area contributed by atoms with Crippen molar-refractivity contribution in [2.45, 2.75) is 25.0 Å². The highest BCUT2D eigenvalue weighted by Gasteiger charge is 2.36. The first kappa shape index (κ1) is 11.4. The van der Waals surface area contributed by atoms with Gasteiger partial charge in [0.15, 0.2) is 0 Å². The summed E-state index contributed by atoms with van der Waals surface area (Å²) in [5, 5.41) is 10.7. The molecule has 1 aromatic carbocycles. The number of benzene rings is 1. The lowest BCUT2D eigenvalue weighted by molar-refractivity contribution is -0.0286. The van der Waals surface area contributed by atoms with Crippen LogP contribution < -0.4 is 0 Å². The summed E-state index contributed by atoms with van der Waals surface area (Å²) in [5.74, 6) is 0. The molecule has 1 aromatic rings. The van der Waals surface area contributed by atoms with Crippen molar-refractivity contribution >= 4 is 0 Å². The molecule has 2 heteroatoms. The van der Waals surface area contributed by atoms with E-state index in [1.807, 2.05) is 37.3 Å². The van der Waals surface area contributed by atoms with E-state index in [9.17, 15) is 5.11 Å². The van der Waals surface area contributed by atoms with E-state index in [1.54, 1.807) is 0 Å². The van der Waals surface area contributed by atoms with Crippen molar-refractivity contribution in [2.24, 2.45) is 0 Å². The van der Waals surface area contributed by atoms with Gasteiger partial charge in [-0.2, -0.15) is 0 Å². The van der Waals surface area contributed by atoms with Gasteiger partial charge in [-0.3, -0.25) is 4.90 Å². The number of hydrogen-bond acceptors (Lipinski definition) is 2. The van der Waals surface area contributed by atoms with Gasteiger partial charge in [-0.05, 0) is 26.0 Å². The minimum atomic E-state index is -0.791. The highest BCUT2D eigenvalue weighted by atomic mass is 16.3. The second kappa shape index (κ2) is 4.40. The van der Waals surface area contributed by atoms with E-state index in [4.69, 9.17) is 0 Å². The second-order valence-electron chi connectivity index (χ2n) is 4.68. The Kier molecular flexibility index (Phi) is 3.13. The van der Waals surface area contributed by atoms with Gasteiger partial charge in [-0.15, -0.1) is 0 Å². The Labute approximate surface area is 97.2 Å². The molecule has 1 unspecified atom stereocenters. The highest BCUT2D eigenvalue weighted by Crippen LogP contribution is 2.30. The van der Waals surface area contributed by atoms with E-state index in [2.05, 4.69) is 24.1 Å². The first-order valence-corrected chi connectivity index (χ1v) is 5.75. The van der Waals surface area contributed by atoms with Gasteiger partial charge in [0.05, 0.1) is 0 Å². The maximum atomic E-state index is 10.7. The van der Waals surface area contributed by atoms with E-state index in [0.717, 1.165) is 18.5 Å². The molecule has 0 spiro atoms. The van der Waals surface area contributed by atoms with Gasteiger partial charge < -0.3 is 5.11 Å². The molecule has 1 aliphatic heterocycles. The van der Waals surface area contributed by atoms with Crippen LogP contribution in [0.25, 0.3) is 0 Å². The van der Waals surface area contributed by atoms with Crippen LogP contribution in [0.5, 0.6) is 0 Å². The number of aliphatic hydroxyl groups is 1. The monoisotopic (exact) mass is 217 g/mol. The van der Waals surface area contributed by atoms with E-state index in [0.29, 0.717) is 0 Å². The normalized spacial score (nSPS) is 25.3. The minimum absolute atomic E-state index is 0.153. The Bertz CT molecular complexity index is 370. The third-order valence-corrected chi connectivity index (χ3v) is 3.46. The van der Waals surface area contributed by atoms with Gasteiger partial charge in [-0.1, -0.05) is 42.5 Å². The predicted octanol–water partition coefficient (Wildman–Crippen LogP) is 2.15. The van der Waals surface area contributed by atoms with Gasteiger partial charge >= 0.3 is 0 Å². The molecular formula is C14H19NO. The Morgan fingerprint density at radius 2 is 1.94 bits per heavy atom. The molecule has 0 aromatic heterocycles. The summed E-state index contributed by atoms with van der Waals surface area (Å²) < 4.78 is 0. The molecular weight excluding hydrogens is 198 g/mol. The van der Waals surface area contributed by atoms with Gasteiger partial charge in [0.2, 0.25) is 0 Å². The van der Waals surface area contributed by atoms with Crippen LogP contribution in [0.15, 0.2) is 42.5 Å². The predicted molar refractivity (Wildman–Crippen MR) is 66.2 cm³/mol. The van der Waals surface area contributed by atoms with Gasteiger partial charge in [-0.25, -0.2) is 0 Å². The van der Waals surface area contributed by atoms with Crippen LogP contribution in [-0.4, -0.2) is 29.6 Å². The SMILES string of the molecule is CN1CC=CCC1[C@@](C)(O)c1ccccc1. The third-order valence-electron chi connectivity index (χ3n) is 3.46. The molecule has 0 bridgehead atoms. The van der Waals surface area contributed by atoms with Gasteiger partial charge in [0.25, 0.3) is 0 Å². The molecule has 86 valence electrons. The maximum absolute atomic E-state index is 10.7. The van der Waals surface area contributed by atoms with Crippen LogP contribution in [0.2, 0.25) is 0 Å². The smallest absolute Gasteiger partial charge is 0.103 e. The van der Waals surface area contributed by atoms with Crippen molar-refractivity contribution in [1.82, 2.24) is 4.90 Å². The number of nitrogens with zero attached hydrogens (tertiary/aromatic N) is 1. The van der Waals surface area contributed by atoms with Crippen molar-refractivity contribution in [2.75, 3.05) is 13.6 Å². The fraction of sp³-hybridized carbons (Fsp3) is 0.429. The summed E-state index contributed by atoms with van der Waals surface area (Å²) in [4.78, 5) is 2.20. The van der Waals surface area contributed by atoms with Crippen LogP contribution in [0.4, 0.5) is 0 Å². The first-order valence-electron chi connectivity index (χ1n) is 5.75. The van der Waals surface area contributed by atoms with Crippen molar-refractivity contribution in [3.8, 4) is 0 Å². The average molecular weight is 217 g/mol. The van der Waals surface area contributed by atoms with Crippen molar-refractivity contribution in [1.29, 1.82) is 0 Å². The van der Waals surface area contributed by atoms with E-state index < -0.39 is 5.60 Å². The Hall–Kier alpha value is -1.12. The zero-order chi connectivity index (χ0) is 11.6. The van der Waals surface area contributed by atoms with E-state index in [1.165, 1.54) is 0 Å². The molecule has 2 rings (SSSR count). The summed E-state index contributed by atoms with van der Waals surface area (Å²) in [6.45, 7) is 2.82. The largest absolute Gasteiger partial charge is 0.384 e. The standard InChI is InChI=1S/C14H19NO/c1-14(16,12-8-4-3-5-9-12)13-10-6-7-11-15(13)2/h3-9,13,16H,10-11H2,1-2H3/t13?,14-/m0/s1. The summed E-state index contributed by atoms with van der Waals surface area (Å²) in [6, 6.07) is 10.1. The van der Waals surface area contributed by atoms with Crippen LogP contribution >= 0.6 is 0 Å². The molecule has 1 heterocycles. The molecule has 0 radical (unpaired) electrons. The molecule has 0 fully saturated rings. The fourth-order valence-corrected chi connectivity index (χ4v) is 2.40. The first-order chi connectivity index (χ1) is 7.62. The Balaban J connectivity index is 2.28. The molecule has 0 saturated carbocycles. The van der Waals surface area contributed by atoms with Crippen LogP contribution in [-0.2, 0) is 5.60 Å². The quantitative estimate of drug-likeness (QED) is 0.767. The lowest BCUT2D eigenvalue weighted by Crippen LogP contribution is -2.48. The summed E-state index contributed by atoms with van der Waals surface area (Å²) >= 11 is 0. The van der Waals surface area contributed by atoms with Gasteiger partial charge in [0.1, 0.15) is 5.60 Å². The lowest BCUT2D eigenvalue weighted by Gasteiger charge is -2.40. The van der Waals surface area contributed by atoms with Gasteiger partial charge in [0, 0.05) is 12.6 Å². The average Bonchev–Trinajstić information content (AvgIpc) is 2.30. The topological polar surface area (TPSA) is 23.5 Å². The Morgan fingerprint density at radius 3 is 2.56 bits per heavy atom. The zero-order valence-electron chi connectivity index (χ0n) is 9.93. The minimum Gasteiger partial charge on any atom is -0.384 e. The van der Waals surface area contributed by atoms with Crippen LogP contribution in [0.3, 0.4) is 0 Å². The molecule has 1 aliphatic rings. The number of rotatable bonds is 2. The van der Waals surface area contributed by atoms with E-state index >= 15 is 0 Å². The highest BCUT2D eigenvalue weighted by molar-refractivity contribution is 5.24. The maximum Gasteiger partial charge on any atom is 0.103 e. The molecule has 2 atom stereocenters. The zero-order valence-corrected chi connectivity index (χ0v) is 9.93. The second-order valence-corrected chi connectivity index (χ2v) is 4.68. The number of likely N-dealkylation sites (N-methyl/N-ethyl adjacent to an activating group) is 1. The van der Waals surface area contributed by atoms with E-state index in [-0.39, 0.29) is 6.04 Å². The third kappa shape index (κ3) is 2.04. The molecule has 0 aliphatic carbocycles. The van der Waals surface area contributed by atoms with Crippen molar-refractivity contribution < 1.29 is 5.11 Å². The molecule has 0 saturated heterocycles. The molecule has 0 amide bonds. The molecule has 16 heavy (non-hydrogen) atoms. The molecule has 1 N–H and O–H groups in total.